The Morgan fingerprint density at radius 2 is 2.00 bits per heavy atom. The van der Waals surface area contributed by atoms with Gasteiger partial charge in [0.15, 0.2) is 17.1 Å². The molecule has 0 aliphatic rings. The van der Waals surface area contributed by atoms with Crippen LogP contribution in [0.25, 0.3) is 0 Å². The van der Waals surface area contributed by atoms with Gasteiger partial charge in [0.1, 0.15) is 11.5 Å². The predicted molar refractivity (Wildman–Crippen MR) is 132 cm³/mol. The first-order valence-electron chi connectivity index (χ1n) is 10.8. The summed E-state index contributed by atoms with van der Waals surface area (Å²) >= 11 is 1.34. The molecule has 8 heteroatoms. The minimum absolute atomic E-state index is 0.0839. The van der Waals surface area contributed by atoms with Crippen LogP contribution in [-0.4, -0.2) is 33.5 Å². The first-order valence-corrected chi connectivity index (χ1v) is 11.8. The number of hydrogen-bond acceptors (Lipinski definition) is 6. The minimum atomic E-state index is -0.355. The SMILES string of the molecule is C=CCn1c(SCC(=O)Nc2c(C)cccc2CC)nnc1C(C)Oc1cccc(OC)c1. The van der Waals surface area contributed by atoms with Crippen molar-refractivity contribution in [3.05, 3.63) is 72.1 Å². The second kappa shape index (κ2) is 11.6. The zero-order valence-electron chi connectivity index (χ0n) is 19.5. The monoisotopic (exact) mass is 466 g/mol. The van der Waals surface area contributed by atoms with Gasteiger partial charge in [-0.1, -0.05) is 49.0 Å². The molecule has 7 nitrogen and oxygen atoms in total. The Morgan fingerprint density at radius 3 is 2.73 bits per heavy atom. The number of methoxy groups -OCH3 is 1. The van der Waals surface area contributed by atoms with E-state index in [9.17, 15) is 4.79 Å². The lowest BCUT2D eigenvalue weighted by Gasteiger charge is -2.16. The molecule has 0 bridgehead atoms. The van der Waals surface area contributed by atoms with Gasteiger partial charge in [-0.15, -0.1) is 16.8 Å². The number of thioether (sulfide) groups is 1. The summed E-state index contributed by atoms with van der Waals surface area (Å²) in [6.45, 7) is 10.3. The Hall–Kier alpha value is -3.26. The number of ether oxygens (including phenoxy) is 2. The van der Waals surface area contributed by atoms with Gasteiger partial charge in [-0.3, -0.25) is 9.36 Å². The molecular formula is C25H30N4O3S. The third-order valence-corrected chi connectivity index (χ3v) is 6.08. The maximum absolute atomic E-state index is 12.7. The topological polar surface area (TPSA) is 78.3 Å². The molecule has 174 valence electrons. The van der Waals surface area contributed by atoms with E-state index >= 15 is 0 Å². The highest BCUT2D eigenvalue weighted by Gasteiger charge is 2.20. The van der Waals surface area contributed by atoms with E-state index in [1.54, 1.807) is 13.2 Å². The number of nitrogens with zero attached hydrogens (tertiary/aromatic N) is 3. The number of benzene rings is 2. The highest BCUT2D eigenvalue weighted by Crippen LogP contribution is 2.27. The van der Waals surface area contributed by atoms with Crippen LogP contribution >= 0.6 is 11.8 Å². The van der Waals surface area contributed by atoms with Crippen molar-refractivity contribution in [2.24, 2.45) is 0 Å². The molecule has 3 rings (SSSR count). The molecule has 0 saturated carbocycles. The van der Waals surface area contributed by atoms with Crippen LogP contribution in [-0.2, 0) is 17.8 Å². The van der Waals surface area contributed by atoms with Gasteiger partial charge in [0.05, 0.1) is 12.9 Å². The van der Waals surface area contributed by atoms with Crippen LogP contribution in [0.5, 0.6) is 11.5 Å². The highest BCUT2D eigenvalue weighted by atomic mass is 32.2. The molecule has 1 aromatic heterocycles. The second-order valence-corrected chi connectivity index (χ2v) is 8.42. The number of carbonyl (C=O) groups is 1. The molecule has 1 amide bonds. The summed E-state index contributed by atoms with van der Waals surface area (Å²) < 4.78 is 13.2. The van der Waals surface area contributed by atoms with Crippen molar-refractivity contribution in [2.75, 3.05) is 18.2 Å². The van der Waals surface area contributed by atoms with Crippen LogP contribution in [0.15, 0.2) is 60.3 Å². The average Bonchev–Trinajstić information content (AvgIpc) is 3.22. The number of amides is 1. The molecule has 33 heavy (non-hydrogen) atoms. The van der Waals surface area contributed by atoms with E-state index in [2.05, 4.69) is 29.0 Å². The zero-order valence-corrected chi connectivity index (χ0v) is 20.3. The third-order valence-electron chi connectivity index (χ3n) is 5.11. The first kappa shape index (κ1) is 24.4. The Balaban J connectivity index is 1.70. The smallest absolute Gasteiger partial charge is 0.234 e. The van der Waals surface area contributed by atoms with Crippen molar-refractivity contribution in [2.45, 2.75) is 45.0 Å². The molecule has 1 atom stereocenters. The standard InChI is InChI=1S/C25H30N4O3S/c1-6-14-29-24(18(4)32-21-13-9-12-20(15-21)31-5)27-28-25(29)33-16-22(30)26-23-17(3)10-8-11-19(23)7-2/h6,8-13,15,18H,1,7,14,16H2,2-5H3,(H,26,30). The lowest BCUT2D eigenvalue weighted by atomic mass is 10.1. The Kier molecular flexibility index (Phi) is 8.54. The number of hydrogen-bond donors (Lipinski definition) is 1. The van der Waals surface area contributed by atoms with Gasteiger partial charge in [-0.05, 0) is 43.5 Å². The van der Waals surface area contributed by atoms with E-state index in [1.807, 2.05) is 60.9 Å². The quantitative estimate of drug-likeness (QED) is 0.309. The first-order chi connectivity index (χ1) is 16.0. The molecule has 3 aromatic rings. The number of anilines is 1. The van der Waals surface area contributed by atoms with Gasteiger partial charge in [0, 0.05) is 18.3 Å². The summed E-state index contributed by atoms with van der Waals surface area (Å²) in [4.78, 5) is 12.7. The van der Waals surface area contributed by atoms with Crippen LogP contribution in [0.2, 0.25) is 0 Å². The van der Waals surface area contributed by atoms with Gasteiger partial charge in [0.25, 0.3) is 0 Å². The lowest BCUT2D eigenvalue weighted by molar-refractivity contribution is -0.113. The molecule has 1 N–H and O–H groups in total. The second-order valence-electron chi connectivity index (χ2n) is 7.48. The fourth-order valence-corrected chi connectivity index (χ4v) is 4.20. The molecule has 1 unspecified atom stereocenters. The number of para-hydroxylation sites is 1. The summed E-state index contributed by atoms with van der Waals surface area (Å²) in [6, 6.07) is 13.5. The van der Waals surface area contributed by atoms with E-state index in [0.717, 1.165) is 29.0 Å². The van der Waals surface area contributed by atoms with Crippen molar-refractivity contribution >= 4 is 23.4 Å². The number of aryl methyl sites for hydroxylation is 2. The molecule has 0 aliphatic heterocycles. The summed E-state index contributed by atoms with van der Waals surface area (Å²) in [5, 5.41) is 12.3. The lowest BCUT2D eigenvalue weighted by Crippen LogP contribution is -2.17. The van der Waals surface area contributed by atoms with Crippen LogP contribution in [0.3, 0.4) is 0 Å². The molecule has 0 fully saturated rings. The number of carbonyl (C=O) groups excluding carboxylic acids is 1. The summed E-state index contributed by atoms with van der Waals surface area (Å²) in [6.07, 6.45) is 2.27. The van der Waals surface area contributed by atoms with Crippen molar-refractivity contribution in [3.8, 4) is 11.5 Å². The largest absolute Gasteiger partial charge is 0.497 e. The number of aromatic nitrogens is 3. The molecule has 2 aromatic carbocycles. The summed E-state index contributed by atoms with van der Waals surface area (Å²) in [5.74, 6) is 2.19. The molecule has 0 aliphatic carbocycles. The maximum atomic E-state index is 12.7. The molecule has 1 heterocycles. The zero-order chi connectivity index (χ0) is 23.8. The Morgan fingerprint density at radius 1 is 1.24 bits per heavy atom. The van der Waals surface area contributed by atoms with Crippen LogP contribution < -0.4 is 14.8 Å². The predicted octanol–water partition coefficient (Wildman–Crippen LogP) is 5.21. The van der Waals surface area contributed by atoms with Crippen molar-refractivity contribution in [3.63, 3.8) is 0 Å². The fraction of sp³-hybridized carbons (Fsp3) is 0.320. The normalized spacial score (nSPS) is 11.6. The van der Waals surface area contributed by atoms with Crippen molar-refractivity contribution in [1.29, 1.82) is 0 Å². The molecule has 0 radical (unpaired) electrons. The Labute approximate surface area is 199 Å². The van der Waals surface area contributed by atoms with E-state index in [0.29, 0.717) is 23.3 Å². The number of nitrogens with one attached hydrogen (secondary N) is 1. The van der Waals surface area contributed by atoms with Gasteiger partial charge in [0.2, 0.25) is 5.91 Å². The molecular weight excluding hydrogens is 436 g/mol. The van der Waals surface area contributed by atoms with Crippen LogP contribution in [0.1, 0.15) is 36.9 Å². The Bertz CT molecular complexity index is 1110. The number of allylic oxidation sites excluding steroid dienone is 1. The molecule has 0 spiro atoms. The van der Waals surface area contributed by atoms with E-state index in [1.165, 1.54) is 11.8 Å². The van der Waals surface area contributed by atoms with Crippen LogP contribution in [0.4, 0.5) is 5.69 Å². The van der Waals surface area contributed by atoms with Gasteiger partial charge in [-0.25, -0.2) is 0 Å². The van der Waals surface area contributed by atoms with E-state index < -0.39 is 0 Å². The third kappa shape index (κ3) is 6.16. The average molecular weight is 467 g/mol. The minimum Gasteiger partial charge on any atom is -0.497 e. The number of rotatable bonds is 11. The molecule has 0 saturated heterocycles. The van der Waals surface area contributed by atoms with Crippen molar-refractivity contribution in [1.82, 2.24) is 14.8 Å². The van der Waals surface area contributed by atoms with Crippen LogP contribution in [0, 0.1) is 6.92 Å². The fourth-order valence-electron chi connectivity index (χ4n) is 3.45. The van der Waals surface area contributed by atoms with Gasteiger partial charge < -0.3 is 14.8 Å². The summed E-state index contributed by atoms with van der Waals surface area (Å²) in [5.41, 5.74) is 3.06. The van der Waals surface area contributed by atoms with E-state index in [-0.39, 0.29) is 17.8 Å². The highest BCUT2D eigenvalue weighted by molar-refractivity contribution is 7.99. The van der Waals surface area contributed by atoms with Gasteiger partial charge in [-0.2, -0.15) is 0 Å². The summed E-state index contributed by atoms with van der Waals surface area (Å²) in [7, 11) is 1.62. The maximum Gasteiger partial charge on any atom is 0.234 e. The van der Waals surface area contributed by atoms with E-state index in [4.69, 9.17) is 9.47 Å². The van der Waals surface area contributed by atoms with Crippen molar-refractivity contribution < 1.29 is 14.3 Å². The van der Waals surface area contributed by atoms with Gasteiger partial charge >= 0.3 is 0 Å².